The molecule has 1 saturated carbocycles. The Morgan fingerprint density at radius 3 is 2.80 bits per heavy atom. The number of fused-ring (bicyclic) bond motifs is 2. The van der Waals surface area contributed by atoms with Crippen molar-refractivity contribution in [2.75, 3.05) is 5.32 Å². The van der Waals surface area contributed by atoms with E-state index in [9.17, 15) is 9.59 Å². The van der Waals surface area contributed by atoms with Gasteiger partial charge in [-0.25, -0.2) is 0 Å². The van der Waals surface area contributed by atoms with Crippen molar-refractivity contribution < 1.29 is 14.7 Å². The average molecular weight is 335 g/mol. The van der Waals surface area contributed by atoms with Gasteiger partial charge in [-0.05, 0) is 55.0 Å². The highest BCUT2D eigenvalue weighted by molar-refractivity contribution is 5.96. The summed E-state index contributed by atoms with van der Waals surface area (Å²) in [6.07, 6.45) is 2.99. The van der Waals surface area contributed by atoms with Crippen LogP contribution in [-0.2, 0) is 21.4 Å². The molecule has 1 spiro atoms. The maximum absolute atomic E-state index is 12.7. The first kappa shape index (κ1) is 15.9. The Bertz CT molecular complexity index is 860. The molecule has 1 fully saturated rings. The van der Waals surface area contributed by atoms with Crippen LogP contribution in [-0.4, -0.2) is 17.0 Å². The number of amides is 1. The number of nitrogens with one attached hydrogen (secondary N) is 1. The van der Waals surface area contributed by atoms with Crippen LogP contribution in [0.15, 0.2) is 48.5 Å². The molecular weight excluding hydrogens is 314 g/mol. The summed E-state index contributed by atoms with van der Waals surface area (Å²) in [5.74, 6) is -1.41. The molecule has 25 heavy (non-hydrogen) atoms. The molecule has 2 aromatic rings. The number of anilines is 1. The number of hydrogen-bond acceptors (Lipinski definition) is 2. The first-order valence-corrected chi connectivity index (χ1v) is 8.73. The number of benzene rings is 2. The predicted molar refractivity (Wildman–Crippen MR) is 95.7 cm³/mol. The van der Waals surface area contributed by atoms with Crippen LogP contribution < -0.4 is 5.32 Å². The van der Waals surface area contributed by atoms with E-state index in [-0.39, 0.29) is 17.2 Å². The zero-order valence-electron chi connectivity index (χ0n) is 14.2. The van der Waals surface area contributed by atoms with E-state index in [0.717, 1.165) is 19.3 Å². The van der Waals surface area contributed by atoms with E-state index in [1.165, 1.54) is 11.1 Å². The third kappa shape index (κ3) is 2.62. The van der Waals surface area contributed by atoms with Gasteiger partial charge in [-0.2, -0.15) is 0 Å². The van der Waals surface area contributed by atoms with E-state index in [4.69, 9.17) is 5.11 Å². The van der Waals surface area contributed by atoms with Crippen LogP contribution in [0, 0.1) is 5.92 Å². The number of carbonyl (C=O) groups excluding carboxylic acids is 1. The van der Waals surface area contributed by atoms with Crippen molar-refractivity contribution in [1.29, 1.82) is 0 Å². The second-order valence-corrected chi connectivity index (χ2v) is 7.24. The largest absolute Gasteiger partial charge is 0.481 e. The Hall–Kier alpha value is -2.62. The fraction of sp³-hybridized carbons (Fsp3) is 0.333. The van der Waals surface area contributed by atoms with Crippen LogP contribution in [0.1, 0.15) is 42.4 Å². The van der Waals surface area contributed by atoms with Gasteiger partial charge in [0.15, 0.2) is 0 Å². The summed E-state index contributed by atoms with van der Waals surface area (Å²) in [6.45, 7) is 1.65. The third-order valence-corrected chi connectivity index (χ3v) is 5.81. The number of carboxylic acids is 1. The van der Waals surface area contributed by atoms with Crippen LogP contribution in [0.25, 0.3) is 0 Å². The Labute approximate surface area is 146 Å². The summed E-state index contributed by atoms with van der Waals surface area (Å²) in [5.41, 5.74) is 4.09. The molecule has 2 N–H and O–H groups in total. The number of hydrogen-bond donors (Lipinski definition) is 2. The van der Waals surface area contributed by atoms with Crippen LogP contribution in [0.3, 0.4) is 0 Å². The summed E-state index contributed by atoms with van der Waals surface area (Å²) < 4.78 is 0. The Kier molecular flexibility index (Phi) is 3.64. The zero-order chi connectivity index (χ0) is 17.6. The molecule has 3 atom stereocenters. The van der Waals surface area contributed by atoms with Crippen LogP contribution >= 0.6 is 0 Å². The summed E-state index contributed by atoms with van der Waals surface area (Å²) in [6, 6.07) is 15.6. The Morgan fingerprint density at radius 2 is 2.00 bits per heavy atom. The minimum Gasteiger partial charge on any atom is -0.481 e. The summed E-state index contributed by atoms with van der Waals surface area (Å²) in [4.78, 5) is 23.9. The van der Waals surface area contributed by atoms with Gasteiger partial charge in [0, 0.05) is 17.0 Å². The molecule has 3 unspecified atom stereocenters. The normalized spacial score (nSPS) is 24.6. The van der Waals surface area contributed by atoms with Gasteiger partial charge >= 0.3 is 5.97 Å². The second kappa shape index (κ2) is 5.73. The highest BCUT2D eigenvalue weighted by Crippen LogP contribution is 2.61. The monoisotopic (exact) mass is 335 g/mol. The molecule has 0 saturated heterocycles. The lowest BCUT2D eigenvalue weighted by atomic mass is 9.95. The van der Waals surface area contributed by atoms with Crippen molar-refractivity contribution in [3.63, 3.8) is 0 Å². The number of aliphatic carboxylic acids is 1. The van der Waals surface area contributed by atoms with Crippen LogP contribution in [0.4, 0.5) is 5.69 Å². The SMILES string of the molecule is CC(C(=O)O)c1cccc(NC(=O)C2CC23CCc2ccccc23)c1. The summed E-state index contributed by atoms with van der Waals surface area (Å²) in [5, 5.41) is 12.1. The predicted octanol–water partition coefficient (Wildman–Crippen LogP) is 3.72. The standard InChI is InChI=1S/C21H21NO3/c1-13(20(24)25)15-6-4-7-16(11-15)22-19(23)18-12-21(18)10-9-14-5-2-3-8-17(14)21/h2-8,11,13,18H,9-10,12H2,1H3,(H,22,23)(H,24,25). The molecule has 4 nitrogen and oxygen atoms in total. The van der Waals surface area contributed by atoms with E-state index in [0.29, 0.717) is 11.3 Å². The van der Waals surface area contributed by atoms with Crippen molar-refractivity contribution in [3.05, 3.63) is 65.2 Å². The minimum absolute atomic E-state index is 0.0108. The van der Waals surface area contributed by atoms with Crippen molar-refractivity contribution in [2.24, 2.45) is 5.92 Å². The second-order valence-electron chi connectivity index (χ2n) is 7.24. The highest BCUT2D eigenvalue weighted by atomic mass is 16.4. The number of carboxylic acid groups (broad SMARTS) is 1. The molecule has 2 aromatic carbocycles. The van der Waals surface area contributed by atoms with Crippen molar-refractivity contribution in [3.8, 4) is 0 Å². The molecule has 1 amide bonds. The molecular formula is C21H21NO3. The molecule has 0 radical (unpaired) electrons. The van der Waals surface area contributed by atoms with Gasteiger partial charge in [0.25, 0.3) is 0 Å². The smallest absolute Gasteiger partial charge is 0.310 e. The van der Waals surface area contributed by atoms with Gasteiger partial charge in [-0.15, -0.1) is 0 Å². The first-order chi connectivity index (χ1) is 12.0. The molecule has 2 aliphatic rings. The lowest BCUT2D eigenvalue weighted by Gasteiger charge is -2.13. The minimum atomic E-state index is -0.868. The fourth-order valence-corrected chi connectivity index (χ4v) is 4.20. The van der Waals surface area contributed by atoms with Gasteiger partial charge in [-0.1, -0.05) is 36.4 Å². The van der Waals surface area contributed by atoms with Crippen molar-refractivity contribution >= 4 is 17.6 Å². The summed E-state index contributed by atoms with van der Waals surface area (Å²) >= 11 is 0. The molecule has 4 heteroatoms. The summed E-state index contributed by atoms with van der Waals surface area (Å²) in [7, 11) is 0. The molecule has 0 aliphatic heterocycles. The topological polar surface area (TPSA) is 66.4 Å². The molecule has 0 heterocycles. The van der Waals surface area contributed by atoms with Crippen LogP contribution in [0.2, 0.25) is 0 Å². The third-order valence-electron chi connectivity index (χ3n) is 5.81. The van der Waals surface area contributed by atoms with Gasteiger partial charge in [0.2, 0.25) is 5.91 Å². The maximum atomic E-state index is 12.7. The van der Waals surface area contributed by atoms with E-state index in [2.05, 4.69) is 29.6 Å². The Morgan fingerprint density at radius 1 is 1.20 bits per heavy atom. The number of aryl methyl sites for hydroxylation is 1. The number of carbonyl (C=O) groups is 2. The molecule has 0 bridgehead atoms. The fourth-order valence-electron chi connectivity index (χ4n) is 4.20. The Balaban J connectivity index is 1.50. The van der Waals surface area contributed by atoms with Gasteiger partial charge in [-0.3, -0.25) is 9.59 Å². The van der Waals surface area contributed by atoms with E-state index in [1.54, 1.807) is 25.1 Å². The van der Waals surface area contributed by atoms with Crippen LogP contribution in [0.5, 0.6) is 0 Å². The quantitative estimate of drug-likeness (QED) is 0.895. The lowest BCUT2D eigenvalue weighted by molar-refractivity contribution is -0.138. The molecule has 2 aliphatic carbocycles. The molecule has 4 rings (SSSR count). The first-order valence-electron chi connectivity index (χ1n) is 8.73. The van der Waals surface area contributed by atoms with Gasteiger partial charge in [0.05, 0.1) is 5.92 Å². The lowest BCUT2D eigenvalue weighted by Crippen LogP contribution is -2.20. The van der Waals surface area contributed by atoms with Crippen molar-refractivity contribution in [2.45, 2.75) is 37.5 Å². The highest BCUT2D eigenvalue weighted by Gasteiger charge is 2.61. The van der Waals surface area contributed by atoms with E-state index >= 15 is 0 Å². The van der Waals surface area contributed by atoms with E-state index < -0.39 is 11.9 Å². The average Bonchev–Trinajstić information content (AvgIpc) is 3.24. The maximum Gasteiger partial charge on any atom is 0.310 e. The molecule has 0 aromatic heterocycles. The molecule has 128 valence electrons. The van der Waals surface area contributed by atoms with Gasteiger partial charge in [0.1, 0.15) is 0 Å². The zero-order valence-corrected chi connectivity index (χ0v) is 14.2. The van der Waals surface area contributed by atoms with Gasteiger partial charge < -0.3 is 10.4 Å². The van der Waals surface area contributed by atoms with E-state index in [1.807, 2.05) is 6.07 Å². The number of rotatable bonds is 4. The van der Waals surface area contributed by atoms with Crippen molar-refractivity contribution in [1.82, 2.24) is 0 Å².